The summed E-state index contributed by atoms with van der Waals surface area (Å²) in [6, 6.07) is 12.8. The number of benzene rings is 2. The minimum Gasteiger partial charge on any atom is -0.467 e. The molecule has 1 saturated heterocycles. The minimum absolute atomic E-state index is 0.158. The van der Waals surface area contributed by atoms with Crippen molar-refractivity contribution in [1.29, 1.82) is 0 Å². The molecule has 0 aliphatic carbocycles. The molecule has 0 bridgehead atoms. The lowest BCUT2D eigenvalue weighted by Crippen LogP contribution is -2.44. The molecule has 2 aliphatic heterocycles. The molecule has 3 aromatic rings. The molecular weight excluding hydrogens is 562 g/mol. The summed E-state index contributed by atoms with van der Waals surface area (Å²) in [6.45, 7) is 7.14. The van der Waals surface area contributed by atoms with Crippen LogP contribution in [-0.4, -0.2) is 61.6 Å². The molecule has 5 rings (SSSR count). The van der Waals surface area contributed by atoms with Crippen molar-refractivity contribution in [2.24, 2.45) is 0 Å². The lowest BCUT2D eigenvalue weighted by Gasteiger charge is -2.33. The van der Waals surface area contributed by atoms with Crippen molar-refractivity contribution in [3.8, 4) is 5.75 Å². The van der Waals surface area contributed by atoms with Crippen molar-refractivity contribution in [3.05, 3.63) is 57.8 Å². The summed E-state index contributed by atoms with van der Waals surface area (Å²) in [5.74, 6) is -1.30. The van der Waals surface area contributed by atoms with Crippen LogP contribution in [0.2, 0.25) is 0 Å². The van der Waals surface area contributed by atoms with E-state index in [0.29, 0.717) is 34.2 Å². The Labute approximate surface area is 247 Å². The number of thiophene rings is 1. The second-order valence-electron chi connectivity index (χ2n) is 11.2. The summed E-state index contributed by atoms with van der Waals surface area (Å²) in [7, 11) is 1.26. The van der Waals surface area contributed by atoms with E-state index in [4.69, 9.17) is 23.7 Å². The number of hydrogen-bond donors (Lipinski definition) is 0. The first kappa shape index (κ1) is 29.5. The summed E-state index contributed by atoms with van der Waals surface area (Å²) in [4.78, 5) is 52.6. The molecule has 1 amide bonds. The molecule has 0 unspecified atom stereocenters. The van der Waals surface area contributed by atoms with Gasteiger partial charge in [-0.25, -0.2) is 9.59 Å². The van der Waals surface area contributed by atoms with Crippen LogP contribution in [0.1, 0.15) is 65.4 Å². The number of amides is 1. The standard InChI is InChI=1S/C31H33NO9S/c1-17(33)38-18-14-24(29(35)37-5)40-27(15-18)39-23-16-22-20(19-8-6-7-9-21(19)23)12-13-32(22)28(34)25-10-11-26(42-25)30(36)41-31(2,3)4/h6-11,16,18,24,27H,12-15H2,1-5H3/t18-,24-,27+/m0/s1. The van der Waals surface area contributed by atoms with Crippen molar-refractivity contribution in [1.82, 2.24) is 0 Å². The molecule has 222 valence electrons. The third-order valence-corrected chi connectivity index (χ3v) is 7.99. The molecule has 0 N–H and O–H groups in total. The van der Waals surface area contributed by atoms with Crippen LogP contribution in [0.3, 0.4) is 0 Å². The Kier molecular flexibility index (Phi) is 8.25. The van der Waals surface area contributed by atoms with Gasteiger partial charge in [0, 0.05) is 37.8 Å². The highest BCUT2D eigenvalue weighted by Gasteiger charge is 2.38. The van der Waals surface area contributed by atoms with E-state index in [0.717, 1.165) is 27.7 Å². The molecule has 0 spiro atoms. The molecule has 0 saturated carbocycles. The van der Waals surface area contributed by atoms with Gasteiger partial charge in [-0.1, -0.05) is 24.3 Å². The van der Waals surface area contributed by atoms with Crippen molar-refractivity contribution < 1.29 is 42.9 Å². The van der Waals surface area contributed by atoms with Gasteiger partial charge in [0.15, 0.2) is 6.10 Å². The van der Waals surface area contributed by atoms with Gasteiger partial charge in [0.2, 0.25) is 6.29 Å². The highest BCUT2D eigenvalue weighted by Crippen LogP contribution is 2.42. The van der Waals surface area contributed by atoms with Gasteiger partial charge in [0.1, 0.15) is 22.3 Å². The summed E-state index contributed by atoms with van der Waals surface area (Å²) < 4.78 is 28.0. The second kappa shape index (κ2) is 11.7. The van der Waals surface area contributed by atoms with Gasteiger partial charge in [-0.05, 0) is 50.3 Å². The van der Waals surface area contributed by atoms with Crippen molar-refractivity contribution in [2.75, 3.05) is 18.6 Å². The van der Waals surface area contributed by atoms with Gasteiger partial charge < -0.3 is 28.6 Å². The topological polar surface area (TPSA) is 118 Å². The van der Waals surface area contributed by atoms with Crippen LogP contribution < -0.4 is 9.64 Å². The minimum atomic E-state index is -0.963. The fourth-order valence-corrected chi connectivity index (χ4v) is 6.08. The maximum Gasteiger partial charge on any atom is 0.348 e. The fourth-order valence-electron chi connectivity index (χ4n) is 5.24. The third-order valence-electron chi connectivity index (χ3n) is 6.94. The summed E-state index contributed by atoms with van der Waals surface area (Å²) in [6.07, 6.45) is -1.45. The number of rotatable bonds is 6. The van der Waals surface area contributed by atoms with E-state index in [1.165, 1.54) is 14.0 Å². The number of methoxy groups -OCH3 is 1. The molecule has 42 heavy (non-hydrogen) atoms. The van der Waals surface area contributed by atoms with Crippen LogP contribution in [-0.2, 0) is 35.0 Å². The van der Waals surface area contributed by atoms with Gasteiger partial charge in [-0.3, -0.25) is 9.59 Å². The lowest BCUT2D eigenvalue weighted by atomic mass is 10.0. The molecule has 11 heteroatoms. The second-order valence-corrected chi connectivity index (χ2v) is 12.3. The zero-order chi connectivity index (χ0) is 30.2. The van der Waals surface area contributed by atoms with Gasteiger partial charge in [-0.2, -0.15) is 0 Å². The zero-order valence-corrected chi connectivity index (χ0v) is 24.9. The lowest BCUT2D eigenvalue weighted by molar-refractivity contribution is -0.204. The van der Waals surface area contributed by atoms with Gasteiger partial charge >= 0.3 is 17.9 Å². The molecular formula is C31H33NO9S. The average Bonchev–Trinajstić information content (AvgIpc) is 3.59. The first-order valence-corrected chi connectivity index (χ1v) is 14.5. The Morgan fingerprint density at radius 3 is 2.40 bits per heavy atom. The Hall–Kier alpha value is -3.96. The zero-order valence-electron chi connectivity index (χ0n) is 24.1. The quantitative estimate of drug-likeness (QED) is 0.285. The number of anilines is 1. The van der Waals surface area contributed by atoms with Gasteiger partial charge in [-0.15, -0.1) is 11.3 Å². The predicted molar refractivity (Wildman–Crippen MR) is 155 cm³/mol. The molecule has 10 nitrogen and oxygen atoms in total. The largest absolute Gasteiger partial charge is 0.467 e. The maximum atomic E-state index is 13.7. The fraction of sp³-hybridized carbons (Fsp3) is 0.419. The number of carbonyl (C=O) groups is 4. The first-order chi connectivity index (χ1) is 19.9. The molecule has 3 atom stereocenters. The first-order valence-electron chi connectivity index (χ1n) is 13.7. The molecule has 1 fully saturated rings. The van der Waals surface area contributed by atoms with Crippen molar-refractivity contribution in [3.63, 3.8) is 0 Å². The van der Waals surface area contributed by atoms with Crippen LogP contribution in [0.5, 0.6) is 5.75 Å². The number of nitrogens with zero attached hydrogens (tertiary/aromatic N) is 1. The summed E-state index contributed by atoms with van der Waals surface area (Å²) in [5.41, 5.74) is 1.05. The van der Waals surface area contributed by atoms with Gasteiger partial charge in [0.25, 0.3) is 5.91 Å². The van der Waals surface area contributed by atoms with Crippen molar-refractivity contribution in [2.45, 2.75) is 71.1 Å². The van der Waals surface area contributed by atoms with E-state index in [9.17, 15) is 19.2 Å². The van der Waals surface area contributed by atoms with Crippen LogP contribution in [0.15, 0.2) is 42.5 Å². The van der Waals surface area contributed by atoms with Crippen LogP contribution in [0.25, 0.3) is 10.8 Å². The molecule has 2 aromatic carbocycles. The number of esters is 3. The molecule has 3 heterocycles. The predicted octanol–water partition coefficient (Wildman–Crippen LogP) is 5.05. The van der Waals surface area contributed by atoms with Gasteiger partial charge in [0.05, 0.1) is 17.7 Å². The van der Waals surface area contributed by atoms with E-state index >= 15 is 0 Å². The highest BCUT2D eigenvalue weighted by atomic mass is 32.1. The van der Waals surface area contributed by atoms with E-state index in [1.807, 2.05) is 24.3 Å². The third kappa shape index (κ3) is 6.27. The normalized spacial score (nSPS) is 20.1. The Balaban J connectivity index is 1.44. The summed E-state index contributed by atoms with van der Waals surface area (Å²) >= 11 is 1.10. The number of hydrogen-bond acceptors (Lipinski definition) is 10. The molecule has 1 aromatic heterocycles. The highest BCUT2D eigenvalue weighted by molar-refractivity contribution is 7.16. The Bertz CT molecular complexity index is 1540. The number of fused-ring (bicyclic) bond motifs is 3. The van der Waals surface area contributed by atoms with Crippen LogP contribution in [0, 0.1) is 0 Å². The average molecular weight is 596 g/mol. The Morgan fingerprint density at radius 2 is 1.71 bits per heavy atom. The van der Waals surface area contributed by atoms with E-state index in [1.54, 1.807) is 43.9 Å². The molecule has 0 radical (unpaired) electrons. The monoisotopic (exact) mass is 595 g/mol. The van der Waals surface area contributed by atoms with Crippen LogP contribution >= 0.6 is 11.3 Å². The van der Waals surface area contributed by atoms with Crippen molar-refractivity contribution >= 4 is 51.6 Å². The smallest absolute Gasteiger partial charge is 0.348 e. The van der Waals surface area contributed by atoms with E-state index in [-0.39, 0.29) is 18.7 Å². The maximum absolute atomic E-state index is 13.7. The summed E-state index contributed by atoms with van der Waals surface area (Å²) in [5, 5.41) is 1.75. The number of ether oxygens (including phenoxy) is 5. The van der Waals surface area contributed by atoms with Crippen LogP contribution in [0.4, 0.5) is 5.69 Å². The molecule has 2 aliphatic rings. The SMILES string of the molecule is COC(=O)[C@@H]1C[C@H](OC(C)=O)C[C@H](Oc2cc3c(c4ccccc24)CCN3C(=O)c2ccc(C(=O)OC(C)(C)C)s2)O1. The van der Waals surface area contributed by atoms with E-state index < -0.39 is 42.0 Å². The Morgan fingerprint density at radius 1 is 1.00 bits per heavy atom. The number of carbonyl (C=O) groups excluding carboxylic acids is 4. The van der Waals surface area contributed by atoms with E-state index in [2.05, 4.69) is 0 Å².